The van der Waals surface area contributed by atoms with Crippen molar-refractivity contribution < 1.29 is 9.59 Å². The third-order valence-corrected chi connectivity index (χ3v) is 4.44. The van der Waals surface area contributed by atoms with Crippen LogP contribution in [0.4, 0.5) is 10.8 Å². The maximum atomic E-state index is 12.0. The maximum absolute atomic E-state index is 12.0. The van der Waals surface area contributed by atoms with E-state index in [9.17, 15) is 9.59 Å². The second-order valence-corrected chi connectivity index (χ2v) is 6.69. The van der Waals surface area contributed by atoms with Crippen molar-refractivity contribution in [1.29, 1.82) is 0 Å². The van der Waals surface area contributed by atoms with E-state index in [1.54, 1.807) is 31.2 Å². The number of rotatable bonds is 5. The van der Waals surface area contributed by atoms with E-state index in [1.165, 1.54) is 23.1 Å². The minimum absolute atomic E-state index is 0.180. The molecule has 21 heavy (non-hydrogen) atoms. The topological polar surface area (TPSA) is 124 Å². The molecule has 0 aliphatic rings. The number of anilines is 2. The summed E-state index contributed by atoms with van der Waals surface area (Å²) in [4.78, 5) is 23.0. The largest absolute Gasteiger partial charge is 0.374 e. The fourth-order valence-electron chi connectivity index (χ4n) is 1.43. The minimum atomic E-state index is -0.509. The summed E-state index contributed by atoms with van der Waals surface area (Å²) in [5.41, 5.74) is 11.6. The van der Waals surface area contributed by atoms with Gasteiger partial charge in [-0.3, -0.25) is 9.59 Å². The zero-order valence-corrected chi connectivity index (χ0v) is 12.7. The van der Waals surface area contributed by atoms with Gasteiger partial charge in [0.15, 0.2) is 4.34 Å². The third-order valence-electron chi connectivity index (χ3n) is 2.51. The first kappa shape index (κ1) is 15.3. The number of hydrogen-bond donors (Lipinski definition) is 3. The number of amides is 2. The Morgan fingerprint density at radius 3 is 2.48 bits per heavy atom. The van der Waals surface area contributed by atoms with E-state index < -0.39 is 5.91 Å². The molecule has 0 fully saturated rings. The van der Waals surface area contributed by atoms with Crippen LogP contribution < -0.4 is 16.8 Å². The van der Waals surface area contributed by atoms with E-state index in [0.29, 0.717) is 20.7 Å². The Hall–Kier alpha value is -2.13. The van der Waals surface area contributed by atoms with Crippen molar-refractivity contribution in [2.24, 2.45) is 5.73 Å². The molecule has 1 heterocycles. The van der Waals surface area contributed by atoms with Crippen LogP contribution in [0.25, 0.3) is 0 Å². The van der Waals surface area contributed by atoms with E-state index in [1.807, 2.05) is 0 Å². The van der Waals surface area contributed by atoms with Gasteiger partial charge in [0.05, 0.1) is 5.25 Å². The van der Waals surface area contributed by atoms with E-state index in [0.717, 1.165) is 0 Å². The number of nitrogens with one attached hydrogen (secondary N) is 1. The van der Waals surface area contributed by atoms with Crippen LogP contribution in [0.5, 0.6) is 0 Å². The van der Waals surface area contributed by atoms with Gasteiger partial charge in [-0.2, -0.15) is 0 Å². The van der Waals surface area contributed by atoms with Crippen LogP contribution >= 0.6 is 23.1 Å². The number of thioether (sulfide) groups is 1. The molecule has 0 radical (unpaired) electrons. The number of primary amides is 1. The molecule has 0 saturated heterocycles. The highest BCUT2D eigenvalue weighted by Crippen LogP contribution is 2.28. The number of benzene rings is 1. The van der Waals surface area contributed by atoms with Gasteiger partial charge in [-0.1, -0.05) is 23.1 Å². The van der Waals surface area contributed by atoms with Crippen LogP contribution in [0, 0.1) is 0 Å². The van der Waals surface area contributed by atoms with Gasteiger partial charge in [-0.25, -0.2) is 0 Å². The fourth-order valence-corrected chi connectivity index (χ4v) is 3.21. The molecule has 2 rings (SSSR count). The molecule has 2 amide bonds. The summed E-state index contributed by atoms with van der Waals surface area (Å²) in [7, 11) is 0. The molecule has 9 heteroatoms. The number of nitrogens with zero attached hydrogens (tertiary/aromatic N) is 2. The predicted octanol–water partition coefficient (Wildman–Crippen LogP) is 1.34. The maximum Gasteiger partial charge on any atom is 0.248 e. The Balaban J connectivity index is 1.95. The Labute approximate surface area is 129 Å². The second kappa shape index (κ2) is 6.55. The van der Waals surface area contributed by atoms with Crippen LogP contribution in [-0.4, -0.2) is 27.3 Å². The van der Waals surface area contributed by atoms with Gasteiger partial charge in [-0.15, -0.1) is 10.2 Å². The van der Waals surface area contributed by atoms with E-state index in [-0.39, 0.29) is 11.2 Å². The molecule has 0 unspecified atom stereocenters. The summed E-state index contributed by atoms with van der Waals surface area (Å²) in [5, 5.41) is 10.3. The third kappa shape index (κ3) is 4.17. The van der Waals surface area contributed by atoms with Crippen LogP contribution in [0.1, 0.15) is 17.3 Å². The summed E-state index contributed by atoms with van der Waals surface area (Å²) in [5.74, 6) is -0.689. The van der Waals surface area contributed by atoms with Gasteiger partial charge in [0.1, 0.15) is 0 Å². The minimum Gasteiger partial charge on any atom is -0.374 e. The molecule has 0 aliphatic carbocycles. The molecule has 1 aromatic carbocycles. The van der Waals surface area contributed by atoms with Crippen molar-refractivity contribution in [3.05, 3.63) is 29.8 Å². The first-order valence-corrected chi connectivity index (χ1v) is 7.61. The SMILES string of the molecule is C[C@H](Sc1nnc(N)s1)C(=O)Nc1ccc(C(N)=O)cc1. The van der Waals surface area contributed by atoms with Gasteiger partial charge in [0, 0.05) is 11.3 Å². The van der Waals surface area contributed by atoms with Gasteiger partial charge < -0.3 is 16.8 Å². The van der Waals surface area contributed by atoms with Crippen molar-refractivity contribution in [2.45, 2.75) is 16.5 Å². The number of nitrogens with two attached hydrogens (primary N) is 2. The Morgan fingerprint density at radius 2 is 1.95 bits per heavy atom. The highest BCUT2D eigenvalue weighted by atomic mass is 32.2. The summed E-state index contributed by atoms with van der Waals surface area (Å²) in [6, 6.07) is 6.36. The Bertz CT molecular complexity index is 656. The molecule has 0 aliphatic heterocycles. The van der Waals surface area contributed by atoms with Gasteiger partial charge in [-0.05, 0) is 31.2 Å². The first-order chi connectivity index (χ1) is 9.95. The highest BCUT2D eigenvalue weighted by Gasteiger charge is 2.17. The molecule has 1 aromatic heterocycles. The number of aromatic nitrogens is 2. The Morgan fingerprint density at radius 1 is 1.29 bits per heavy atom. The zero-order valence-electron chi connectivity index (χ0n) is 11.1. The molecular formula is C12H13N5O2S2. The lowest BCUT2D eigenvalue weighted by Gasteiger charge is -2.10. The lowest BCUT2D eigenvalue weighted by Crippen LogP contribution is -2.22. The van der Waals surface area contributed by atoms with Crippen LogP contribution in [0.3, 0.4) is 0 Å². The average Bonchev–Trinajstić information content (AvgIpc) is 2.84. The van der Waals surface area contributed by atoms with Crippen molar-refractivity contribution in [3.63, 3.8) is 0 Å². The summed E-state index contributed by atoms with van der Waals surface area (Å²) in [6.07, 6.45) is 0. The zero-order chi connectivity index (χ0) is 15.4. The lowest BCUT2D eigenvalue weighted by atomic mass is 10.2. The molecule has 110 valence electrons. The van der Waals surface area contributed by atoms with Gasteiger partial charge in [0.2, 0.25) is 16.9 Å². The molecule has 0 saturated carbocycles. The van der Waals surface area contributed by atoms with Crippen molar-refractivity contribution in [2.75, 3.05) is 11.1 Å². The van der Waals surface area contributed by atoms with Crippen molar-refractivity contribution in [1.82, 2.24) is 10.2 Å². The summed E-state index contributed by atoms with van der Waals surface area (Å²) < 4.78 is 0.638. The number of carbonyl (C=O) groups is 2. The lowest BCUT2D eigenvalue weighted by molar-refractivity contribution is -0.115. The molecule has 0 spiro atoms. The second-order valence-electron chi connectivity index (χ2n) is 4.10. The fraction of sp³-hybridized carbons (Fsp3) is 0.167. The van der Waals surface area contributed by atoms with Gasteiger partial charge in [0.25, 0.3) is 0 Å². The molecule has 5 N–H and O–H groups in total. The quantitative estimate of drug-likeness (QED) is 0.713. The number of nitrogen functional groups attached to an aromatic ring is 1. The van der Waals surface area contributed by atoms with Crippen molar-refractivity contribution in [3.8, 4) is 0 Å². The monoisotopic (exact) mass is 323 g/mol. The molecule has 1 atom stereocenters. The van der Waals surface area contributed by atoms with Crippen LogP contribution in [-0.2, 0) is 4.79 Å². The smallest absolute Gasteiger partial charge is 0.248 e. The first-order valence-electron chi connectivity index (χ1n) is 5.92. The predicted molar refractivity (Wildman–Crippen MR) is 83.2 cm³/mol. The number of hydrogen-bond acceptors (Lipinski definition) is 7. The molecule has 0 bridgehead atoms. The number of carbonyl (C=O) groups excluding carboxylic acids is 2. The summed E-state index contributed by atoms with van der Waals surface area (Å²) in [6.45, 7) is 1.76. The molecular weight excluding hydrogens is 310 g/mol. The van der Waals surface area contributed by atoms with Crippen molar-refractivity contribution >= 4 is 45.7 Å². The molecule has 7 nitrogen and oxygen atoms in total. The van der Waals surface area contributed by atoms with Gasteiger partial charge >= 0.3 is 0 Å². The van der Waals surface area contributed by atoms with E-state index in [2.05, 4.69) is 15.5 Å². The standard InChI is InChI=1S/C12H13N5O2S2/c1-6(20-12-17-16-11(14)21-12)10(19)15-8-4-2-7(3-5-8)9(13)18/h2-6H,1H3,(H2,13,18)(H2,14,16)(H,15,19)/t6-/m0/s1. The highest BCUT2D eigenvalue weighted by molar-refractivity contribution is 8.02. The summed E-state index contributed by atoms with van der Waals surface area (Å²) >= 11 is 2.51. The Kier molecular flexibility index (Phi) is 4.76. The normalized spacial score (nSPS) is 11.9. The van der Waals surface area contributed by atoms with Crippen LogP contribution in [0.2, 0.25) is 0 Å². The molecule has 2 aromatic rings. The average molecular weight is 323 g/mol. The van der Waals surface area contributed by atoms with Crippen LogP contribution in [0.15, 0.2) is 28.6 Å². The van der Waals surface area contributed by atoms with E-state index >= 15 is 0 Å². The van der Waals surface area contributed by atoms with E-state index in [4.69, 9.17) is 11.5 Å².